The molecule has 2 aromatic heterocycles. The fourth-order valence-corrected chi connectivity index (χ4v) is 3.07. The minimum absolute atomic E-state index is 0.168. The molecule has 0 spiro atoms. The zero-order valence-corrected chi connectivity index (χ0v) is 13.7. The van der Waals surface area contributed by atoms with Crippen molar-refractivity contribution in [2.24, 2.45) is 0 Å². The first-order chi connectivity index (χ1) is 12.0. The molecule has 0 aliphatic heterocycles. The Morgan fingerprint density at radius 3 is 2.68 bits per heavy atom. The Morgan fingerprint density at radius 2 is 1.92 bits per heavy atom. The zero-order chi connectivity index (χ0) is 17.7. The predicted octanol–water partition coefficient (Wildman–Crippen LogP) is 2.06. The number of aromatic nitrogens is 3. The largest absolute Gasteiger partial charge is 0.497 e. The number of benzene rings is 2. The predicted molar refractivity (Wildman–Crippen MR) is 97.7 cm³/mol. The standard InChI is InChI=1S/C18H16N4O3/c1-9-3-5-11(25-2)8-14(9)22-17(19)15-16(21-22)12-6-4-10(23)7-13(12)20-18(15)24/h3-8,21H,19H2,1-2H3,(H,20,24). The number of aromatic amines is 2. The van der Waals surface area contributed by atoms with Crippen molar-refractivity contribution in [3.05, 3.63) is 62.5 Å². The lowest BCUT2D eigenvalue weighted by molar-refractivity contribution is 0.414. The number of hydrogen-bond donors (Lipinski definition) is 3. The second-order valence-electron chi connectivity index (χ2n) is 5.90. The van der Waals surface area contributed by atoms with Crippen LogP contribution in [0.5, 0.6) is 5.75 Å². The molecule has 0 atom stereocenters. The summed E-state index contributed by atoms with van der Waals surface area (Å²) in [6.07, 6.45) is 0. The van der Waals surface area contributed by atoms with Crippen molar-refractivity contribution in [2.75, 3.05) is 12.8 Å². The molecule has 0 fully saturated rings. The molecule has 0 radical (unpaired) electrons. The van der Waals surface area contributed by atoms with Crippen LogP contribution in [-0.4, -0.2) is 21.9 Å². The van der Waals surface area contributed by atoms with Crippen molar-refractivity contribution in [1.82, 2.24) is 14.8 Å². The molecule has 0 aliphatic carbocycles. The van der Waals surface area contributed by atoms with E-state index in [1.807, 2.05) is 25.1 Å². The van der Waals surface area contributed by atoms with E-state index in [-0.39, 0.29) is 11.0 Å². The molecule has 4 N–H and O–H groups in total. The van der Waals surface area contributed by atoms with Gasteiger partial charge in [0.1, 0.15) is 17.0 Å². The van der Waals surface area contributed by atoms with Gasteiger partial charge in [-0.05, 0) is 30.7 Å². The average Bonchev–Trinajstić information content (AvgIpc) is 2.93. The summed E-state index contributed by atoms with van der Waals surface area (Å²) in [4.78, 5) is 26.8. The van der Waals surface area contributed by atoms with Gasteiger partial charge in [0.05, 0.1) is 23.8 Å². The van der Waals surface area contributed by atoms with Gasteiger partial charge in [-0.1, -0.05) is 6.07 Å². The topological polar surface area (TPSA) is 106 Å². The van der Waals surface area contributed by atoms with Crippen LogP contribution in [0.2, 0.25) is 0 Å². The van der Waals surface area contributed by atoms with Crippen LogP contribution < -0.4 is 21.5 Å². The van der Waals surface area contributed by atoms with Crippen molar-refractivity contribution >= 4 is 27.6 Å². The number of methoxy groups -OCH3 is 1. The van der Waals surface area contributed by atoms with Crippen LogP contribution in [0.25, 0.3) is 27.5 Å². The fraction of sp³-hybridized carbons (Fsp3) is 0.111. The number of pyridine rings is 1. The quantitative estimate of drug-likeness (QED) is 0.521. The van der Waals surface area contributed by atoms with Crippen LogP contribution in [-0.2, 0) is 0 Å². The Kier molecular flexibility index (Phi) is 3.18. The molecule has 7 heteroatoms. The first-order valence-electron chi connectivity index (χ1n) is 7.71. The second kappa shape index (κ2) is 5.27. The molecule has 0 amide bonds. The van der Waals surface area contributed by atoms with E-state index in [0.29, 0.717) is 28.0 Å². The van der Waals surface area contributed by atoms with Gasteiger partial charge in [-0.25, -0.2) is 4.68 Å². The highest BCUT2D eigenvalue weighted by Gasteiger charge is 2.16. The molecule has 2 aromatic carbocycles. The molecule has 0 aliphatic rings. The normalized spacial score (nSPS) is 11.3. The highest BCUT2D eigenvalue weighted by Crippen LogP contribution is 2.28. The van der Waals surface area contributed by atoms with Gasteiger partial charge in [0.25, 0.3) is 5.56 Å². The maximum Gasteiger partial charge on any atom is 0.261 e. The van der Waals surface area contributed by atoms with Gasteiger partial charge in [-0.3, -0.25) is 14.7 Å². The fourth-order valence-electron chi connectivity index (χ4n) is 3.07. The van der Waals surface area contributed by atoms with E-state index in [1.165, 1.54) is 12.1 Å². The maximum absolute atomic E-state index is 12.5. The second-order valence-corrected chi connectivity index (χ2v) is 5.90. The van der Waals surface area contributed by atoms with Crippen LogP contribution >= 0.6 is 0 Å². The Hall–Kier alpha value is -3.48. The monoisotopic (exact) mass is 336 g/mol. The molecule has 4 aromatic rings. The molecule has 0 unspecified atom stereocenters. The summed E-state index contributed by atoms with van der Waals surface area (Å²) in [5.41, 5.74) is 8.55. The summed E-state index contributed by atoms with van der Waals surface area (Å²) in [5.74, 6) is 0.974. The van der Waals surface area contributed by atoms with E-state index in [4.69, 9.17) is 10.5 Å². The molecular weight excluding hydrogens is 320 g/mol. The average molecular weight is 336 g/mol. The summed E-state index contributed by atoms with van der Waals surface area (Å²) < 4.78 is 6.94. The van der Waals surface area contributed by atoms with E-state index < -0.39 is 0 Å². The first-order valence-corrected chi connectivity index (χ1v) is 7.71. The molecule has 2 heterocycles. The Labute approximate surface area is 141 Å². The van der Waals surface area contributed by atoms with Gasteiger partial charge in [0.15, 0.2) is 5.43 Å². The van der Waals surface area contributed by atoms with Gasteiger partial charge in [0.2, 0.25) is 0 Å². The summed E-state index contributed by atoms with van der Waals surface area (Å²) in [7, 11) is 1.59. The van der Waals surface area contributed by atoms with E-state index in [1.54, 1.807) is 17.9 Å². The van der Waals surface area contributed by atoms with Crippen LogP contribution in [0, 0.1) is 6.92 Å². The highest BCUT2D eigenvalue weighted by molar-refractivity contribution is 6.06. The van der Waals surface area contributed by atoms with Crippen molar-refractivity contribution in [1.29, 1.82) is 0 Å². The van der Waals surface area contributed by atoms with Crippen LogP contribution in [0.1, 0.15) is 5.56 Å². The number of nitrogens with one attached hydrogen (secondary N) is 2. The molecular formula is C18H16N4O3. The van der Waals surface area contributed by atoms with Gasteiger partial charge < -0.3 is 15.5 Å². The number of rotatable bonds is 2. The molecule has 0 saturated carbocycles. The zero-order valence-electron chi connectivity index (χ0n) is 13.7. The summed E-state index contributed by atoms with van der Waals surface area (Å²) in [6, 6.07) is 10.1. The highest BCUT2D eigenvalue weighted by atomic mass is 16.5. The first kappa shape index (κ1) is 15.1. The summed E-state index contributed by atoms with van der Waals surface area (Å²) in [6.45, 7) is 1.94. The van der Waals surface area contributed by atoms with Crippen molar-refractivity contribution in [2.45, 2.75) is 6.92 Å². The van der Waals surface area contributed by atoms with Gasteiger partial charge in [0, 0.05) is 17.5 Å². The number of H-pyrrole nitrogens is 2. The molecule has 126 valence electrons. The minimum Gasteiger partial charge on any atom is -0.497 e. The van der Waals surface area contributed by atoms with Crippen LogP contribution in [0.15, 0.2) is 46.0 Å². The molecule has 0 bridgehead atoms. The third-order valence-electron chi connectivity index (χ3n) is 4.36. The lowest BCUT2D eigenvalue weighted by Crippen LogP contribution is -2.09. The van der Waals surface area contributed by atoms with Crippen LogP contribution in [0.3, 0.4) is 0 Å². The molecule has 4 rings (SSSR count). The van der Waals surface area contributed by atoms with Crippen molar-refractivity contribution < 1.29 is 4.74 Å². The lowest BCUT2D eigenvalue weighted by Gasteiger charge is -2.10. The lowest BCUT2D eigenvalue weighted by atomic mass is 10.1. The maximum atomic E-state index is 12.5. The number of nitrogens with two attached hydrogens (primary N) is 1. The van der Waals surface area contributed by atoms with Crippen LogP contribution in [0.4, 0.5) is 5.82 Å². The van der Waals surface area contributed by atoms with Crippen molar-refractivity contribution in [3.63, 3.8) is 0 Å². The number of fused-ring (bicyclic) bond motifs is 3. The Balaban J connectivity index is 2.12. The van der Waals surface area contributed by atoms with E-state index in [9.17, 15) is 9.59 Å². The molecule has 0 saturated heterocycles. The SMILES string of the molecule is COc1ccc(C)c(-n2[nH]c3c(c2N)c(=O)[nH]c2cc(=O)ccc23)c1. The van der Waals surface area contributed by atoms with E-state index >= 15 is 0 Å². The number of anilines is 1. The number of nitrogen functional groups attached to an aromatic ring is 1. The molecule has 25 heavy (non-hydrogen) atoms. The molecule has 7 nitrogen and oxygen atoms in total. The van der Waals surface area contributed by atoms with Gasteiger partial charge in [-0.15, -0.1) is 0 Å². The van der Waals surface area contributed by atoms with Crippen molar-refractivity contribution in [3.8, 4) is 11.4 Å². The number of nitrogens with zero attached hydrogens (tertiary/aromatic N) is 1. The van der Waals surface area contributed by atoms with E-state index in [0.717, 1.165) is 16.6 Å². The summed E-state index contributed by atoms with van der Waals surface area (Å²) in [5, 5.41) is 4.27. The Morgan fingerprint density at radius 1 is 1.12 bits per heavy atom. The Bertz CT molecular complexity index is 1250. The number of hydrogen-bond acceptors (Lipinski definition) is 4. The third kappa shape index (κ3) is 2.20. The minimum atomic E-state index is -0.346. The summed E-state index contributed by atoms with van der Waals surface area (Å²) >= 11 is 0. The third-order valence-corrected chi connectivity index (χ3v) is 4.36. The van der Waals surface area contributed by atoms with Gasteiger partial charge in [-0.2, -0.15) is 0 Å². The van der Waals surface area contributed by atoms with Gasteiger partial charge >= 0.3 is 0 Å². The van der Waals surface area contributed by atoms with E-state index in [2.05, 4.69) is 10.1 Å². The number of aryl methyl sites for hydroxylation is 1. The smallest absolute Gasteiger partial charge is 0.261 e. The number of ether oxygens (including phenoxy) is 1.